The van der Waals surface area contributed by atoms with E-state index in [2.05, 4.69) is 10.6 Å². The van der Waals surface area contributed by atoms with Crippen LogP contribution >= 0.6 is 0 Å². The van der Waals surface area contributed by atoms with Crippen LogP contribution in [0.4, 0.5) is 4.79 Å². The molecule has 0 aliphatic rings. The van der Waals surface area contributed by atoms with Gasteiger partial charge in [-0.3, -0.25) is 4.79 Å². The van der Waals surface area contributed by atoms with Crippen molar-refractivity contribution in [2.24, 2.45) is 11.8 Å². The molecule has 146 valence electrons. The lowest BCUT2D eigenvalue weighted by Crippen LogP contribution is -2.46. The highest BCUT2D eigenvalue weighted by molar-refractivity contribution is 5.84. The summed E-state index contributed by atoms with van der Waals surface area (Å²) in [7, 11) is 1.30. The zero-order valence-corrected chi connectivity index (χ0v) is 16.8. The molecule has 0 rings (SSSR count). The van der Waals surface area contributed by atoms with Crippen LogP contribution < -0.4 is 10.6 Å². The number of rotatable bonds is 8. The fourth-order valence-electron chi connectivity index (χ4n) is 2.19. The predicted molar refractivity (Wildman–Crippen MR) is 96.0 cm³/mol. The van der Waals surface area contributed by atoms with E-state index in [4.69, 9.17) is 9.47 Å². The Labute approximate surface area is 151 Å². The van der Waals surface area contributed by atoms with Crippen LogP contribution in [0.5, 0.6) is 0 Å². The number of hydrogen-bond acceptors (Lipinski definition) is 5. The Morgan fingerprint density at radius 3 is 1.92 bits per heavy atom. The number of ether oxygens (including phenoxy) is 2. The van der Waals surface area contributed by atoms with Crippen LogP contribution in [0.1, 0.15) is 61.3 Å². The largest absolute Gasteiger partial charge is 0.467 e. The monoisotopic (exact) mass is 358 g/mol. The molecule has 0 radical (unpaired) electrons. The molecule has 0 aromatic heterocycles. The average molecular weight is 358 g/mol. The van der Waals surface area contributed by atoms with Crippen LogP contribution in [0.2, 0.25) is 0 Å². The molecule has 0 spiro atoms. The van der Waals surface area contributed by atoms with E-state index in [1.807, 2.05) is 27.7 Å². The third-order valence-corrected chi connectivity index (χ3v) is 3.63. The van der Waals surface area contributed by atoms with Gasteiger partial charge in [0.2, 0.25) is 5.91 Å². The van der Waals surface area contributed by atoms with Gasteiger partial charge < -0.3 is 20.1 Å². The van der Waals surface area contributed by atoms with E-state index >= 15 is 0 Å². The van der Waals surface area contributed by atoms with Gasteiger partial charge in [-0.05, 0) is 39.0 Å². The van der Waals surface area contributed by atoms with Crippen LogP contribution in [0.15, 0.2) is 0 Å². The Hall–Kier alpha value is -1.79. The van der Waals surface area contributed by atoms with Gasteiger partial charge in [-0.25, -0.2) is 9.59 Å². The summed E-state index contributed by atoms with van der Waals surface area (Å²) >= 11 is 0. The Bertz CT molecular complexity index is 455. The van der Waals surface area contributed by atoms with Gasteiger partial charge in [0, 0.05) is 12.5 Å². The SMILES string of the molecule is COC(=O)[C@@H](NC(=O)CC[C@H](NC(=O)OC(C)(C)C)C(C)C)C(C)C. The van der Waals surface area contributed by atoms with Gasteiger partial charge in [0.25, 0.3) is 0 Å². The van der Waals surface area contributed by atoms with Crippen molar-refractivity contribution in [3.05, 3.63) is 0 Å². The van der Waals surface area contributed by atoms with Crippen LogP contribution in [0.3, 0.4) is 0 Å². The molecule has 25 heavy (non-hydrogen) atoms. The summed E-state index contributed by atoms with van der Waals surface area (Å²) in [4.78, 5) is 35.8. The van der Waals surface area contributed by atoms with Gasteiger partial charge in [-0.15, -0.1) is 0 Å². The van der Waals surface area contributed by atoms with E-state index in [1.54, 1.807) is 20.8 Å². The molecule has 0 heterocycles. The summed E-state index contributed by atoms with van der Waals surface area (Å²) in [5.74, 6) is -0.643. The number of carbonyl (C=O) groups is 3. The van der Waals surface area contributed by atoms with E-state index in [0.717, 1.165) is 0 Å². The van der Waals surface area contributed by atoms with Gasteiger partial charge >= 0.3 is 12.1 Å². The second-order valence-electron chi connectivity index (χ2n) is 7.85. The van der Waals surface area contributed by atoms with Gasteiger partial charge in [0.15, 0.2) is 0 Å². The van der Waals surface area contributed by atoms with Gasteiger partial charge in [-0.2, -0.15) is 0 Å². The molecule has 0 aromatic rings. The first kappa shape index (κ1) is 23.2. The Morgan fingerprint density at radius 2 is 1.52 bits per heavy atom. The third kappa shape index (κ3) is 9.94. The van der Waals surface area contributed by atoms with Crippen molar-refractivity contribution in [3.8, 4) is 0 Å². The van der Waals surface area contributed by atoms with Crippen molar-refractivity contribution in [3.63, 3.8) is 0 Å². The highest BCUT2D eigenvalue weighted by atomic mass is 16.6. The molecule has 0 aliphatic heterocycles. The summed E-state index contributed by atoms with van der Waals surface area (Å²) in [6, 6.07) is -0.870. The van der Waals surface area contributed by atoms with Crippen molar-refractivity contribution in [2.45, 2.75) is 79.0 Å². The average Bonchev–Trinajstić information content (AvgIpc) is 2.45. The summed E-state index contributed by atoms with van der Waals surface area (Å²) in [6.07, 6.45) is 0.148. The third-order valence-electron chi connectivity index (χ3n) is 3.63. The normalized spacial score (nSPS) is 14.0. The summed E-state index contributed by atoms with van der Waals surface area (Å²) < 4.78 is 9.97. The fourth-order valence-corrected chi connectivity index (χ4v) is 2.19. The number of methoxy groups -OCH3 is 1. The molecule has 0 fully saturated rings. The van der Waals surface area contributed by atoms with E-state index in [-0.39, 0.29) is 30.2 Å². The lowest BCUT2D eigenvalue weighted by atomic mass is 9.98. The summed E-state index contributed by atoms with van der Waals surface area (Å²) in [6.45, 7) is 13.0. The number of alkyl carbamates (subject to hydrolysis) is 1. The fraction of sp³-hybridized carbons (Fsp3) is 0.833. The Morgan fingerprint density at radius 1 is 0.960 bits per heavy atom. The number of carbonyl (C=O) groups excluding carboxylic acids is 3. The maximum atomic E-state index is 12.2. The molecule has 7 heteroatoms. The van der Waals surface area contributed by atoms with E-state index < -0.39 is 23.7 Å². The molecular weight excluding hydrogens is 324 g/mol. The summed E-state index contributed by atoms with van der Waals surface area (Å²) in [5.41, 5.74) is -0.575. The van der Waals surface area contributed by atoms with Crippen LogP contribution in [-0.4, -0.2) is 42.8 Å². The zero-order valence-electron chi connectivity index (χ0n) is 16.8. The first-order chi connectivity index (χ1) is 11.4. The van der Waals surface area contributed by atoms with E-state index in [1.165, 1.54) is 7.11 Å². The quantitative estimate of drug-likeness (QED) is 0.651. The number of amides is 2. The number of nitrogens with one attached hydrogen (secondary N) is 2. The van der Waals surface area contributed by atoms with Gasteiger partial charge in [0.1, 0.15) is 11.6 Å². The predicted octanol–water partition coefficient (Wildman–Crippen LogP) is 2.63. The Kier molecular flexibility index (Phi) is 9.52. The van der Waals surface area contributed by atoms with Crippen molar-refractivity contribution < 1.29 is 23.9 Å². The lowest BCUT2D eigenvalue weighted by Gasteiger charge is -2.26. The smallest absolute Gasteiger partial charge is 0.407 e. The number of hydrogen-bond donors (Lipinski definition) is 2. The topological polar surface area (TPSA) is 93.7 Å². The molecule has 7 nitrogen and oxygen atoms in total. The molecule has 2 N–H and O–H groups in total. The van der Waals surface area contributed by atoms with Crippen LogP contribution in [0, 0.1) is 11.8 Å². The molecule has 0 aromatic carbocycles. The van der Waals surface area contributed by atoms with Gasteiger partial charge in [-0.1, -0.05) is 27.7 Å². The molecule has 0 saturated carbocycles. The highest BCUT2D eigenvalue weighted by Crippen LogP contribution is 2.12. The molecule has 0 unspecified atom stereocenters. The van der Waals surface area contributed by atoms with Crippen LogP contribution in [-0.2, 0) is 19.1 Å². The maximum absolute atomic E-state index is 12.2. The van der Waals surface area contributed by atoms with Crippen LogP contribution in [0.25, 0.3) is 0 Å². The molecule has 0 bridgehead atoms. The maximum Gasteiger partial charge on any atom is 0.407 e. The zero-order chi connectivity index (χ0) is 19.8. The minimum absolute atomic E-state index is 0.0721. The first-order valence-electron chi connectivity index (χ1n) is 8.74. The molecule has 2 atom stereocenters. The second kappa shape index (κ2) is 10.3. The van der Waals surface area contributed by atoms with Crippen molar-refractivity contribution in [2.75, 3.05) is 7.11 Å². The minimum atomic E-state index is -0.672. The Balaban J connectivity index is 4.62. The van der Waals surface area contributed by atoms with Crippen molar-refractivity contribution in [1.29, 1.82) is 0 Å². The molecule has 2 amide bonds. The van der Waals surface area contributed by atoms with E-state index in [0.29, 0.717) is 6.42 Å². The lowest BCUT2D eigenvalue weighted by molar-refractivity contribution is -0.146. The van der Waals surface area contributed by atoms with Crippen molar-refractivity contribution >= 4 is 18.0 Å². The highest BCUT2D eigenvalue weighted by Gasteiger charge is 2.26. The molecule has 0 aliphatic carbocycles. The van der Waals surface area contributed by atoms with Gasteiger partial charge in [0.05, 0.1) is 7.11 Å². The minimum Gasteiger partial charge on any atom is -0.467 e. The molecular formula is C18H34N2O5. The number of esters is 1. The molecule has 0 saturated heterocycles. The van der Waals surface area contributed by atoms with Crippen molar-refractivity contribution in [1.82, 2.24) is 10.6 Å². The first-order valence-corrected chi connectivity index (χ1v) is 8.74. The summed E-state index contributed by atoms with van der Waals surface area (Å²) in [5, 5.41) is 5.50. The standard InChI is InChI=1S/C18H34N2O5/c1-11(2)13(19-17(23)25-18(5,6)7)9-10-14(21)20-15(12(3)4)16(22)24-8/h11-13,15H,9-10H2,1-8H3,(H,19,23)(H,20,21)/t13-,15-/m0/s1. The van der Waals surface area contributed by atoms with E-state index in [9.17, 15) is 14.4 Å². The second-order valence-corrected chi connectivity index (χ2v) is 7.85.